The second kappa shape index (κ2) is 9.90. The molecule has 2 atom stereocenters. The van der Waals surface area contributed by atoms with Crippen molar-refractivity contribution in [1.82, 2.24) is 4.31 Å². The molecule has 0 spiro atoms. The number of sulfonamides is 1. The highest BCUT2D eigenvalue weighted by Gasteiger charge is 2.44. The lowest BCUT2D eigenvalue weighted by molar-refractivity contribution is -0.142. The van der Waals surface area contributed by atoms with Crippen LogP contribution in [0.1, 0.15) is 39.5 Å². The van der Waals surface area contributed by atoms with Crippen LogP contribution in [0.5, 0.6) is 5.75 Å². The third-order valence-electron chi connectivity index (χ3n) is 6.37. The Balaban J connectivity index is 1.72. The molecule has 2 aromatic carbocycles. The monoisotopic (exact) mass is 499 g/mol. The highest BCUT2D eigenvalue weighted by molar-refractivity contribution is 7.89. The first kappa shape index (κ1) is 24.4. The fourth-order valence-corrected chi connectivity index (χ4v) is 7.46. The lowest BCUT2D eigenvalue weighted by Crippen LogP contribution is -2.48. The van der Waals surface area contributed by atoms with Crippen molar-refractivity contribution in [1.29, 1.82) is 0 Å². The van der Waals surface area contributed by atoms with Crippen molar-refractivity contribution >= 4 is 27.3 Å². The molecule has 0 bridgehead atoms. The number of thiophene rings is 1. The Morgan fingerprint density at radius 2 is 1.79 bits per heavy atom. The maximum Gasteiger partial charge on any atom is 0.322 e. The second-order valence-electron chi connectivity index (χ2n) is 8.76. The highest BCUT2D eigenvalue weighted by Crippen LogP contribution is 2.39. The van der Waals surface area contributed by atoms with E-state index < -0.39 is 28.0 Å². The van der Waals surface area contributed by atoms with E-state index in [1.807, 2.05) is 25.3 Å². The number of hydrogen-bond donors (Lipinski definition) is 1. The van der Waals surface area contributed by atoms with Crippen LogP contribution in [-0.2, 0) is 27.7 Å². The van der Waals surface area contributed by atoms with E-state index in [9.17, 15) is 18.3 Å². The predicted octanol–water partition coefficient (Wildman–Crippen LogP) is 4.79. The van der Waals surface area contributed by atoms with Gasteiger partial charge in [-0.15, -0.1) is 11.3 Å². The summed E-state index contributed by atoms with van der Waals surface area (Å²) in [6, 6.07) is 13.2. The fourth-order valence-electron chi connectivity index (χ4n) is 4.90. The quantitative estimate of drug-likeness (QED) is 0.505. The fraction of sp³-hybridized carbons (Fsp3) is 0.346. The summed E-state index contributed by atoms with van der Waals surface area (Å²) in [5.41, 5.74) is 4.40. The average Bonchev–Trinajstić information content (AvgIpc) is 3.19. The molecule has 180 valence electrons. The molecular weight excluding hydrogens is 470 g/mol. The molecule has 0 aliphatic carbocycles. The van der Waals surface area contributed by atoms with Crippen LogP contribution in [-0.4, -0.2) is 43.5 Å². The van der Waals surface area contributed by atoms with Gasteiger partial charge in [0, 0.05) is 17.3 Å². The average molecular weight is 500 g/mol. The Labute approximate surface area is 204 Å². The summed E-state index contributed by atoms with van der Waals surface area (Å²) in [5, 5.41) is 12.3. The minimum atomic E-state index is -4.03. The van der Waals surface area contributed by atoms with Crippen molar-refractivity contribution in [3.8, 4) is 5.75 Å². The van der Waals surface area contributed by atoms with Gasteiger partial charge in [0.1, 0.15) is 11.8 Å². The number of aryl methyl sites for hydroxylation is 3. The van der Waals surface area contributed by atoms with Gasteiger partial charge in [-0.3, -0.25) is 4.79 Å². The van der Waals surface area contributed by atoms with Crippen LogP contribution in [0.2, 0.25) is 0 Å². The molecule has 8 heteroatoms. The van der Waals surface area contributed by atoms with E-state index in [4.69, 9.17) is 4.74 Å². The maximum absolute atomic E-state index is 13.7. The molecule has 0 amide bonds. The standard InChI is InChI=1S/C26H29NO5S2/c1-17-14-18(2)16-19(15-17)4-9-23-22-11-13-33-24(22)10-12-27(25(23)26(28)29)34(30,31)21-7-5-20(32-3)6-8-21/h5-8,11,13-16,23,25H,4,9-10,12H2,1-3H3,(H,28,29)/t23-,25-/m1/s1. The first-order valence-corrected chi connectivity index (χ1v) is 13.5. The first-order chi connectivity index (χ1) is 16.2. The molecule has 6 nitrogen and oxygen atoms in total. The highest BCUT2D eigenvalue weighted by atomic mass is 32.2. The number of rotatable bonds is 7. The lowest BCUT2D eigenvalue weighted by Gasteiger charge is -2.31. The van der Waals surface area contributed by atoms with E-state index in [2.05, 4.69) is 18.2 Å². The largest absolute Gasteiger partial charge is 0.497 e. The molecule has 2 heterocycles. The number of nitrogens with zero attached hydrogens (tertiary/aromatic N) is 1. The number of carboxylic acids is 1. The van der Waals surface area contributed by atoms with E-state index in [-0.39, 0.29) is 11.4 Å². The van der Waals surface area contributed by atoms with Crippen molar-refractivity contribution in [3.63, 3.8) is 0 Å². The number of hydrogen-bond acceptors (Lipinski definition) is 5. The van der Waals surface area contributed by atoms with Gasteiger partial charge in [-0.2, -0.15) is 4.31 Å². The van der Waals surface area contributed by atoms with Gasteiger partial charge in [0.15, 0.2) is 0 Å². The number of benzene rings is 2. The molecule has 0 fully saturated rings. The molecular formula is C26H29NO5S2. The lowest BCUT2D eigenvalue weighted by atomic mass is 9.86. The Kier molecular flexibility index (Phi) is 7.12. The van der Waals surface area contributed by atoms with Gasteiger partial charge < -0.3 is 9.84 Å². The van der Waals surface area contributed by atoms with Crippen molar-refractivity contribution in [2.75, 3.05) is 13.7 Å². The third-order valence-corrected chi connectivity index (χ3v) is 9.27. The minimum Gasteiger partial charge on any atom is -0.497 e. The maximum atomic E-state index is 13.7. The van der Waals surface area contributed by atoms with E-state index >= 15 is 0 Å². The van der Waals surface area contributed by atoms with Gasteiger partial charge in [0.05, 0.1) is 12.0 Å². The van der Waals surface area contributed by atoms with Gasteiger partial charge in [0.2, 0.25) is 10.0 Å². The summed E-state index contributed by atoms with van der Waals surface area (Å²) in [4.78, 5) is 13.8. The normalized spacial score (nSPS) is 18.8. The van der Waals surface area contributed by atoms with Crippen LogP contribution in [0.3, 0.4) is 0 Å². The summed E-state index contributed by atoms with van der Waals surface area (Å²) in [6.45, 7) is 4.21. The zero-order valence-corrected chi connectivity index (χ0v) is 21.2. The Morgan fingerprint density at radius 3 is 2.41 bits per heavy atom. The summed E-state index contributed by atoms with van der Waals surface area (Å²) >= 11 is 1.57. The topological polar surface area (TPSA) is 83.9 Å². The van der Waals surface area contributed by atoms with Crippen LogP contribution in [0.15, 0.2) is 58.8 Å². The molecule has 0 radical (unpaired) electrons. The number of aliphatic carboxylic acids is 1. The van der Waals surface area contributed by atoms with Crippen LogP contribution in [0, 0.1) is 13.8 Å². The Morgan fingerprint density at radius 1 is 1.12 bits per heavy atom. The van der Waals surface area contributed by atoms with Crippen molar-refractivity contribution in [2.45, 2.75) is 50.0 Å². The molecule has 0 saturated carbocycles. The zero-order chi connectivity index (χ0) is 24.5. The Hall–Kier alpha value is -2.68. The number of ether oxygens (including phenoxy) is 1. The van der Waals surface area contributed by atoms with Gasteiger partial charge >= 0.3 is 5.97 Å². The molecule has 0 saturated heterocycles. The number of carbonyl (C=O) groups is 1. The number of methoxy groups -OCH3 is 1. The SMILES string of the molecule is COc1ccc(S(=O)(=O)N2CCc3sccc3[C@@H](CCc3cc(C)cc(C)c3)[C@@H]2C(=O)O)cc1. The third kappa shape index (κ3) is 4.89. The van der Waals surface area contributed by atoms with E-state index in [0.717, 1.165) is 27.1 Å². The molecule has 34 heavy (non-hydrogen) atoms. The second-order valence-corrected chi connectivity index (χ2v) is 11.7. The smallest absolute Gasteiger partial charge is 0.322 e. The number of fused-ring (bicyclic) bond motifs is 1. The minimum absolute atomic E-state index is 0.0675. The molecule has 4 rings (SSSR count). The molecule has 1 aromatic heterocycles. The van der Waals surface area contributed by atoms with Crippen LogP contribution < -0.4 is 4.74 Å². The predicted molar refractivity (Wildman–Crippen MR) is 133 cm³/mol. The molecule has 0 unspecified atom stereocenters. The summed E-state index contributed by atoms with van der Waals surface area (Å²) in [5.74, 6) is -1.03. The van der Waals surface area contributed by atoms with Gasteiger partial charge in [0.25, 0.3) is 0 Å². The molecule has 3 aromatic rings. The van der Waals surface area contributed by atoms with Crippen LogP contribution >= 0.6 is 11.3 Å². The van der Waals surface area contributed by atoms with E-state index in [1.165, 1.54) is 23.5 Å². The van der Waals surface area contributed by atoms with Crippen molar-refractivity contribution < 1.29 is 23.1 Å². The first-order valence-electron chi connectivity index (χ1n) is 11.2. The van der Waals surface area contributed by atoms with Gasteiger partial charge in [-0.25, -0.2) is 8.42 Å². The summed E-state index contributed by atoms with van der Waals surface area (Å²) in [6.07, 6.45) is 1.70. The van der Waals surface area contributed by atoms with Crippen LogP contribution in [0.25, 0.3) is 0 Å². The van der Waals surface area contributed by atoms with Gasteiger partial charge in [-0.1, -0.05) is 29.3 Å². The molecule has 1 aliphatic rings. The molecule has 1 aliphatic heterocycles. The van der Waals surface area contributed by atoms with Crippen molar-refractivity contribution in [2.24, 2.45) is 0 Å². The number of carboxylic acid groups (broad SMARTS) is 1. The molecule has 1 N–H and O–H groups in total. The summed E-state index contributed by atoms with van der Waals surface area (Å²) < 4.78 is 33.7. The van der Waals surface area contributed by atoms with E-state index in [1.54, 1.807) is 23.5 Å². The van der Waals surface area contributed by atoms with Crippen molar-refractivity contribution in [3.05, 3.63) is 81.0 Å². The van der Waals surface area contributed by atoms with Crippen LogP contribution in [0.4, 0.5) is 0 Å². The summed E-state index contributed by atoms with van der Waals surface area (Å²) in [7, 11) is -2.52. The Bertz CT molecular complexity index is 1260. The van der Waals surface area contributed by atoms with Gasteiger partial charge in [-0.05, 0) is 79.9 Å². The van der Waals surface area contributed by atoms with E-state index in [0.29, 0.717) is 25.0 Å². The zero-order valence-electron chi connectivity index (χ0n) is 19.5.